The first-order valence-corrected chi connectivity index (χ1v) is 6.07. The monoisotopic (exact) mass is 280 g/mol. The van der Waals surface area contributed by atoms with Gasteiger partial charge < -0.3 is 5.32 Å². The number of anilines is 2. The summed E-state index contributed by atoms with van der Waals surface area (Å²) in [5, 5.41) is 23.3. The molecule has 0 saturated heterocycles. The first-order valence-electron chi connectivity index (χ1n) is 6.07. The summed E-state index contributed by atoms with van der Waals surface area (Å²) >= 11 is 0. The summed E-state index contributed by atoms with van der Waals surface area (Å²) in [5.41, 5.74) is 1.23. The minimum absolute atomic E-state index is 0.239. The topological polar surface area (TPSA) is 79.4 Å². The predicted octanol–water partition coefficient (Wildman–Crippen LogP) is 2.42. The van der Waals surface area contributed by atoms with Crippen LogP contribution in [0.15, 0.2) is 48.8 Å². The van der Waals surface area contributed by atoms with Crippen LogP contribution < -0.4 is 5.32 Å². The molecule has 1 N–H and O–H groups in total. The molecule has 1 aromatic carbocycles. The molecule has 0 saturated carbocycles. The van der Waals surface area contributed by atoms with Crippen molar-refractivity contribution in [3.05, 3.63) is 60.3 Å². The van der Waals surface area contributed by atoms with Gasteiger partial charge in [0.05, 0.1) is 18.1 Å². The first-order chi connectivity index (χ1) is 10.3. The highest BCUT2D eigenvalue weighted by Crippen LogP contribution is 2.17. The van der Waals surface area contributed by atoms with Crippen LogP contribution in [-0.2, 0) is 0 Å². The molecule has 0 amide bonds. The van der Waals surface area contributed by atoms with Crippen molar-refractivity contribution in [1.29, 1.82) is 5.26 Å². The van der Waals surface area contributed by atoms with Crippen LogP contribution >= 0.6 is 0 Å². The molecule has 0 aliphatic rings. The molecular weight excluding hydrogens is 271 g/mol. The van der Waals surface area contributed by atoms with Gasteiger partial charge in [-0.1, -0.05) is 12.1 Å². The number of hydrogen-bond acceptors (Lipinski definition) is 5. The Morgan fingerprint density at radius 2 is 2.00 bits per heavy atom. The number of halogens is 1. The molecule has 2 heterocycles. The van der Waals surface area contributed by atoms with Crippen LogP contribution in [0.4, 0.5) is 15.9 Å². The lowest BCUT2D eigenvalue weighted by Crippen LogP contribution is -1.98. The van der Waals surface area contributed by atoms with E-state index >= 15 is 0 Å². The van der Waals surface area contributed by atoms with E-state index in [0.29, 0.717) is 17.2 Å². The molecule has 0 atom stereocenters. The summed E-state index contributed by atoms with van der Waals surface area (Å²) < 4.78 is 15.1. The van der Waals surface area contributed by atoms with Gasteiger partial charge >= 0.3 is 0 Å². The number of nitrogens with one attached hydrogen (secondary N) is 1. The van der Waals surface area contributed by atoms with E-state index in [-0.39, 0.29) is 11.5 Å². The molecule has 6 nitrogen and oxygen atoms in total. The predicted molar refractivity (Wildman–Crippen MR) is 73.6 cm³/mol. The van der Waals surface area contributed by atoms with E-state index in [4.69, 9.17) is 5.26 Å². The minimum Gasteiger partial charge on any atom is -0.336 e. The van der Waals surface area contributed by atoms with E-state index in [9.17, 15) is 4.39 Å². The van der Waals surface area contributed by atoms with E-state index in [1.54, 1.807) is 42.7 Å². The molecule has 0 aliphatic carbocycles. The number of benzene rings is 1. The van der Waals surface area contributed by atoms with Gasteiger partial charge in [0.25, 0.3) is 0 Å². The Morgan fingerprint density at radius 1 is 1.14 bits per heavy atom. The normalized spacial score (nSPS) is 10.1. The van der Waals surface area contributed by atoms with E-state index in [2.05, 4.69) is 20.6 Å². The third-order valence-corrected chi connectivity index (χ3v) is 2.73. The summed E-state index contributed by atoms with van der Waals surface area (Å²) in [6.07, 6.45) is 3.19. The zero-order valence-corrected chi connectivity index (χ0v) is 10.7. The van der Waals surface area contributed by atoms with Crippen LogP contribution in [0.3, 0.4) is 0 Å². The maximum absolute atomic E-state index is 13.7. The van der Waals surface area contributed by atoms with Crippen LogP contribution in [0.5, 0.6) is 0 Å². The van der Waals surface area contributed by atoms with Crippen molar-refractivity contribution in [3.8, 4) is 11.8 Å². The zero-order valence-electron chi connectivity index (χ0n) is 10.7. The summed E-state index contributed by atoms with van der Waals surface area (Å²) in [7, 11) is 0. The number of hydrogen-bond donors (Lipinski definition) is 1. The fraction of sp³-hybridized carbons (Fsp3) is 0. The van der Waals surface area contributed by atoms with Gasteiger partial charge in [-0.2, -0.15) is 10.4 Å². The fourth-order valence-electron chi connectivity index (χ4n) is 1.76. The molecule has 0 spiro atoms. The smallest absolute Gasteiger partial charge is 0.163 e. The number of nitrogens with zero attached hydrogens (tertiary/aromatic N) is 5. The average molecular weight is 280 g/mol. The lowest BCUT2D eigenvalue weighted by molar-refractivity contribution is 0.611. The van der Waals surface area contributed by atoms with E-state index in [0.717, 1.165) is 0 Å². The molecule has 102 valence electrons. The Morgan fingerprint density at radius 3 is 2.71 bits per heavy atom. The van der Waals surface area contributed by atoms with Crippen molar-refractivity contribution in [2.45, 2.75) is 0 Å². The van der Waals surface area contributed by atoms with E-state index < -0.39 is 0 Å². The minimum atomic E-state index is -0.356. The van der Waals surface area contributed by atoms with Crippen molar-refractivity contribution in [2.75, 3.05) is 5.32 Å². The van der Waals surface area contributed by atoms with Gasteiger partial charge in [0.2, 0.25) is 0 Å². The molecule has 2 aromatic heterocycles. The third-order valence-electron chi connectivity index (χ3n) is 2.73. The molecule has 0 fully saturated rings. The lowest BCUT2D eigenvalue weighted by Gasteiger charge is -2.02. The molecule has 0 bridgehead atoms. The summed E-state index contributed by atoms with van der Waals surface area (Å²) in [4.78, 5) is 0. The maximum atomic E-state index is 13.7. The number of aromatic nitrogens is 4. The molecule has 0 unspecified atom stereocenters. The van der Waals surface area contributed by atoms with Gasteiger partial charge in [0.15, 0.2) is 11.5 Å². The number of para-hydroxylation sites is 1. The van der Waals surface area contributed by atoms with Gasteiger partial charge in [0.1, 0.15) is 17.6 Å². The molecule has 0 radical (unpaired) electrons. The van der Waals surface area contributed by atoms with Crippen molar-refractivity contribution in [1.82, 2.24) is 20.0 Å². The number of nitriles is 1. The summed E-state index contributed by atoms with van der Waals surface area (Å²) in [5.74, 6) is 0.118. The standard InChI is InChI=1S/C14H9FN6/c15-12-3-1-2-4-13(12)21-9-11(8-17-21)18-14-6-5-10(7-16)19-20-14/h1-6,8-9H,(H,18,20). The van der Waals surface area contributed by atoms with Crippen LogP contribution in [0.25, 0.3) is 5.69 Å². The van der Waals surface area contributed by atoms with Crippen molar-refractivity contribution >= 4 is 11.5 Å². The van der Waals surface area contributed by atoms with E-state index in [1.165, 1.54) is 10.7 Å². The maximum Gasteiger partial charge on any atom is 0.163 e. The highest BCUT2D eigenvalue weighted by Gasteiger charge is 2.06. The Kier molecular flexibility index (Phi) is 3.27. The molecule has 3 aromatic rings. The molecule has 7 heteroatoms. The first kappa shape index (κ1) is 12.7. The van der Waals surface area contributed by atoms with Crippen molar-refractivity contribution in [2.24, 2.45) is 0 Å². The van der Waals surface area contributed by atoms with Gasteiger partial charge in [-0.3, -0.25) is 0 Å². The Hall–Kier alpha value is -3.27. The number of rotatable bonds is 3. The second-order valence-electron chi connectivity index (χ2n) is 4.17. The zero-order chi connectivity index (χ0) is 14.7. The molecule has 21 heavy (non-hydrogen) atoms. The van der Waals surface area contributed by atoms with Gasteiger partial charge in [0, 0.05) is 0 Å². The van der Waals surface area contributed by atoms with Gasteiger partial charge in [-0.15, -0.1) is 10.2 Å². The Bertz CT molecular complexity index is 803. The van der Waals surface area contributed by atoms with Crippen molar-refractivity contribution in [3.63, 3.8) is 0 Å². The quantitative estimate of drug-likeness (QED) is 0.797. The second kappa shape index (κ2) is 5.38. The Balaban J connectivity index is 1.82. The van der Waals surface area contributed by atoms with Crippen LogP contribution in [0, 0.1) is 17.1 Å². The average Bonchev–Trinajstić information content (AvgIpc) is 2.97. The Labute approximate surface area is 119 Å². The fourth-order valence-corrected chi connectivity index (χ4v) is 1.76. The highest BCUT2D eigenvalue weighted by molar-refractivity contribution is 5.54. The van der Waals surface area contributed by atoms with Gasteiger partial charge in [-0.25, -0.2) is 9.07 Å². The van der Waals surface area contributed by atoms with Gasteiger partial charge in [-0.05, 0) is 24.3 Å². The highest BCUT2D eigenvalue weighted by atomic mass is 19.1. The molecular formula is C14H9FN6. The van der Waals surface area contributed by atoms with Crippen LogP contribution in [-0.4, -0.2) is 20.0 Å². The van der Waals surface area contributed by atoms with Crippen molar-refractivity contribution < 1.29 is 4.39 Å². The van der Waals surface area contributed by atoms with E-state index in [1.807, 2.05) is 6.07 Å². The summed E-state index contributed by atoms with van der Waals surface area (Å²) in [6, 6.07) is 11.4. The largest absolute Gasteiger partial charge is 0.336 e. The third kappa shape index (κ3) is 2.69. The molecule has 3 rings (SSSR count). The molecule has 0 aliphatic heterocycles. The second-order valence-corrected chi connectivity index (χ2v) is 4.17. The van der Waals surface area contributed by atoms with Crippen LogP contribution in [0.2, 0.25) is 0 Å². The lowest BCUT2D eigenvalue weighted by atomic mass is 10.3. The van der Waals surface area contributed by atoms with Crippen LogP contribution in [0.1, 0.15) is 5.69 Å². The summed E-state index contributed by atoms with van der Waals surface area (Å²) in [6.45, 7) is 0. The SMILES string of the molecule is N#Cc1ccc(Nc2cnn(-c3ccccc3F)c2)nn1.